The number of benzene rings is 1. The Hall–Kier alpha value is -3.35. The first-order valence-corrected chi connectivity index (χ1v) is 8.89. The molecule has 1 aliphatic rings. The Balaban J connectivity index is 1.49. The third-order valence-corrected chi connectivity index (χ3v) is 4.90. The lowest BCUT2D eigenvalue weighted by Crippen LogP contribution is -2.50. The molecule has 27 heavy (non-hydrogen) atoms. The van der Waals surface area contributed by atoms with Crippen LogP contribution in [0.3, 0.4) is 0 Å². The summed E-state index contributed by atoms with van der Waals surface area (Å²) in [6.45, 7) is 2.53. The number of hydrogen-bond donors (Lipinski definition) is 1. The fourth-order valence-corrected chi connectivity index (χ4v) is 3.44. The SMILES string of the molecule is O=C(Cn1c(=O)cc(O)c2ccccc21)N1CCN(c2ccccn2)CC1. The molecule has 0 saturated carbocycles. The van der Waals surface area contributed by atoms with E-state index in [9.17, 15) is 14.7 Å². The smallest absolute Gasteiger partial charge is 0.255 e. The molecule has 1 saturated heterocycles. The molecule has 0 unspecified atom stereocenters. The van der Waals surface area contributed by atoms with E-state index in [2.05, 4.69) is 9.88 Å². The molecule has 0 bridgehead atoms. The summed E-state index contributed by atoms with van der Waals surface area (Å²) >= 11 is 0. The molecule has 1 aliphatic heterocycles. The van der Waals surface area contributed by atoms with E-state index < -0.39 is 0 Å². The van der Waals surface area contributed by atoms with Gasteiger partial charge in [0.2, 0.25) is 5.91 Å². The number of anilines is 1. The van der Waals surface area contributed by atoms with E-state index in [1.807, 2.05) is 18.2 Å². The van der Waals surface area contributed by atoms with Crippen LogP contribution in [0, 0.1) is 0 Å². The Morgan fingerprint density at radius 3 is 2.52 bits per heavy atom. The van der Waals surface area contributed by atoms with Crippen LogP contribution in [-0.4, -0.2) is 51.6 Å². The molecule has 138 valence electrons. The average molecular weight is 364 g/mol. The minimum Gasteiger partial charge on any atom is -0.507 e. The van der Waals surface area contributed by atoms with E-state index in [0.717, 1.165) is 11.9 Å². The maximum Gasteiger partial charge on any atom is 0.255 e. The number of carbonyl (C=O) groups excluding carboxylic acids is 1. The lowest BCUT2D eigenvalue weighted by Gasteiger charge is -2.35. The van der Waals surface area contributed by atoms with Crippen LogP contribution in [0.25, 0.3) is 10.9 Å². The van der Waals surface area contributed by atoms with Gasteiger partial charge >= 0.3 is 0 Å². The monoisotopic (exact) mass is 364 g/mol. The summed E-state index contributed by atoms with van der Waals surface area (Å²) in [7, 11) is 0. The number of para-hydroxylation sites is 1. The highest BCUT2D eigenvalue weighted by molar-refractivity contribution is 5.86. The second kappa shape index (κ2) is 7.11. The zero-order valence-electron chi connectivity index (χ0n) is 14.8. The van der Waals surface area contributed by atoms with Crippen molar-refractivity contribution < 1.29 is 9.90 Å². The molecule has 1 amide bonds. The maximum absolute atomic E-state index is 12.8. The van der Waals surface area contributed by atoms with Crippen molar-refractivity contribution in [3.05, 3.63) is 65.1 Å². The fraction of sp³-hybridized carbons (Fsp3) is 0.250. The van der Waals surface area contributed by atoms with Gasteiger partial charge in [-0.15, -0.1) is 0 Å². The van der Waals surface area contributed by atoms with Crippen molar-refractivity contribution in [3.63, 3.8) is 0 Å². The number of rotatable bonds is 3. The molecule has 0 spiro atoms. The number of aromatic hydroxyl groups is 1. The molecular weight excluding hydrogens is 344 g/mol. The van der Waals surface area contributed by atoms with Gasteiger partial charge in [-0.1, -0.05) is 18.2 Å². The second-order valence-electron chi connectivity index (χ2n) is 6.53. The van der Waals surface area contributed by atoms with Crippen molar-refractivity contribution in [3.8, 4) is 5.75 Å². The third-order valence-electron chi connectivity index (χ3n) is 4.90. The molecule has 7 nitrogen and oxygen atoms in total. The molecule has 1 fully saturated rings. The molecule has 4 rings (SSSR count). The van der Waals surface area contributed by atoms with E-state index >= 15 is 0 Å². The number of amides is 1. The van der Waals surface area contributed by atoms with Crippen LogP contribution >= 0.6 is 0 Å². The molecule has 3 heterocycles. The maximum atomic E-state index is 12.8. The van der Waals surface area contributed by atoms with Gasteiger partial charge in [0.1, 0.15) is 18.1 Å². The van der Waals surface area contributed by atoms with Crippen LogP contribution in [0.2, 0.25) is 0 Å². The third kappa shape index (κ3) is 3.36. The zero-order chi connectivity index (χ0) is 18.8. The highest BCUT2D eigenvalue weighted by Crippen LogP contribution is 2.22. The second-order valence-corrected chi connectivity index (χ2v) is 6.53. The Bertz CT molecular complexity index is 1020. The van der Waals surface area contributed by atoms with Crippen molar-refractivity contribution in [2.24, 2.45) is 0 Å². The van der Waals surface area contributed by atoms with Gasteiger partial charge in [0.15, 0.2) is 0 Å². The van der Waals surface area contributed by atoms with Crippen molar-refractivity contribution >= 4 is 22.6 Å². The van der Waals surface area contributed by atoms with Crippen molar-refractivity contribution in [2.45, 2.75) is 6.54 Å². The van der Waals surface area contributed by atoms with Crippen LogP contribution in [0.4, 0.5) is 5.82 Å². The van der Waals surface area contributed by atoms with Gasteiger partial charge in [-0.3, -0.25) is 14.2 Å². The minimum atomic E-state index is -0.383. The fourth-order valence-electron chi connectivity index (χ4n) is 3.44. The highest BCUT2D eigenvalue weighted by atomic mass is 16.3. The number of hydrogen-bond acceptors (Lipinski definition) is 5. The first-order valence-electron chi connectivity index (χ1n) is 8.89. The van der Waals surface area contributed by atoms with E-state index in [0.29, 0.717) is 37.1 Å². The van der Waals surface area contributed by atoms with Crippen molar-refractivity contribution in [2.75, 3.05) is 31.1 Å². The highest BCUT2D eigenvalue weighted by Gasteiger charge is 2.22. The largest absolute Gasteiger partial charge is 0.507 e. The number of carbonyl (C=O) groups is 1. The molecular formula is C20H20N4O3. The van der Waals surface area contributed by atoms with E-state index in [1.165, 1.54) is 4.57 Å². The van der Waals surface area contributed by atoms with Crippen LogP contribution in [0.15, 0.2) is 59.5 Å². The van der Waals surface area contributed by atoms with E-state index in [-0.39, 0.29) is 23.8 Å². The summed E-state index contributed by atoms with van der Waals surface area (Å²) in [6, 6.07) is 14.0. The standard InChI is InChI=1S/C20H20N4O3/c25-17-13-19(26)24(16-6-2-1-5-15(16)17)14-20(27)23-11-9-22(10-12-23)18-7-3-4-8-21-18/h1-8,13,25H,9-12,14H2. The first kappa shape index (κ1) is 17.1. The van der Waals surface area contributed by atoms with Crippen LogP contribution in [0.5, 0.6) is 5.75 Å². The summed E-state index contributed by atoms with van der Waals surface area (Å²) in [4.78, 5) is 33.3. The van der Waals surface area contributed by atoms with Gasteiger partial charge in [-0.05, 0) is 24.3 Å². The van der Waals surface area contributed by atoms with Gasteiger partial charge in [0.05, 0.1) is 5.52 Å². The summed E-state index contributed by atoms with van der Waals surface area (Å²) < 4.78 is 1.42. The van der Waals surface area contributed by atoms with E-state index in [4.69, 9.17) is 0 Å². The summed E-state index contributed by atoms with van der Waals surface area (Å²) in [5, 5.41) is 10.5. The topological polar surface area (TPSA) is 78.7 Å². The lowest BCUT2D eigenvalue weighted by atomic mass is 10.2. The van der Waals surface area contributed by atoms with Gasteiger partial charge < -0.3 is 14.9 Å². The normalized spacial score (nSPS) is 14.5. The minimum absolute atomic E-state index is 0.0385. The zero-order valence-corrected chi connectivity index (χ0v) is 14.8. The first-order chi connectivity index (χ1) is 13.1. The summed E-state index contributed by atoms with van der Waals surface area (Å²) in [5.41, 5.74) is 0.176. The molecule has 1 aromatic carbocycles. The van der Waals surface area contributed by atoms with Crippen LogP contribution < -0.4 is 10.5 Å². The molecule has 0 radical (unpaired) electrons. The Labute approximate surface area is 156 Å². The Morgan fingerprint density at radius 2 is 1.78 bits per heavy atom. The quantitative estimate of drug-likeness (QED) is 0.761. The summed E-state index contributed by atoms with van der Waals surface area (Å²) in [5.74, 6) is 0.738. The van der Waals surface area contributed by atoms with Gasteiger partial charge in [0.25, 0.3) is 5.56 Å². The molecule has 3 aromatic rings. The molecule has 0 aliphatic carbocycles. The molecule has 2 aromatic heterocycles. The Morgan fingerprint density at radius 1 is 1.04 bits per heavy atom. The summed E-state index contributed by atoms with van der Waals surface area (Å²) in [6.07, 6.45) is 1.76. The molecule has 1 N–H and O–H groups in total. The lowest BCUT2D eigenvalue weighted by molar-refractivity contribution is -0.132. The number of piperazine rings is 1. The number of fused-ring (bicyclic) bond motifs is 1. The number of aromatic nitrogens is 2. The van der Waals surface area contributed by atoms with E-state index in [1.54, 1.807) is 35.4 Å². The van der Waals surface area contributed by atoms with Crippen LogP contribution in [0.1, 0.15) is 0 Å². The van der Waals surface area contributed by atoms with Crippen LogP contribution in [-0.2, 0) is 11.3 Å². The van der Waals surface area contributed by atoms with Gasteiger partial charge in [0, 0.05) is 43.8 Å². The molecule has 7 heteroatoms. The molecule has 0 atom stereocenters. The average Bonchev–Trinajstić information content (AvgIpc) is 2.72. The predicted molar refractivity (Wildman–Crippen MR) is 103 cm³/mol. The van der Waals surface area contributed by atoms with Crippen molar-refractivity contribution in [1.29, 1.82) is 0 Å². The predicted octanol–water partition coefficient (Wildman–Crippen LogP) is 1.45. The Kier molecular flexibility index (Phi) is 4.50. The number of pyridine rings is 2. The van der Waals surface area contributed by atoms with Gasteiger partial charge in [-0.2, -0.15) is 0 Å². The van der Waals surface area contributed by atoms with Crippen molar-refractivity contribution in [1.82, 2.24) is 14.5 Å². The number of nitrogens with zero attached hydrogens (tertiary/aromatic N) is 4. The van der Waals surface area contributed by atoms with Gasteiger partial charge in [-0.25, -0.2) is 4.98 Å².